The lowest BCUT2D eigenvalue weighted by Gasteiger charge is -2.33. The van der Waals surface area contributed by atoms with Crippen LogP contribution >= 0.6 is 0 Å². The molecule has 0 aliphatic carbocycles. The molecule has 1 aromatic heterocycles. The van der Waals surface area contributed by atoms with Crippen LogP contribution in [0.3, 0.4) is 0 Å². The molecule has 1 aliphatic rings. The number of pyridine rings is 1. The third-order valence-electron chi connectivity index (χ3n) is 5.46. The largest absolute Gasteiger partial charge is 0.342 e. The van der Waals surface area contributed by atoms with Crippen molar-refractivity contribution >= 4 is 17.5 Å². The number of piperidine rings is 1. The van der Waals surface area contributed by atoms with Crippen LogP contribution in [-0.4, -0.2) is 34.8 Å². The second kappa shape index (κ2) is 10.1. The third kappa shape index (κ3) is 6.38. The summed E-state index contributed by atoms with van der Waals surface area (Å²) >= 11 is 0. The number of aryl methyl sites for hydroxylation is 2. The van der Waals surface area contributed by atoms with E-state index in [0.29, 0.717) is 43.0 Å². The molecule has 1 atom stereocenters. The normalized spacial score (nSPS) is 16.5. The molecule has 29 heavy (non-hydrogen) atoms. The summed E-state index contributed by atoms with van der Waals surface area (Å²) in [7, 11) is 0. The van der Waals surface area contributed by atoms with Gasteiger partial charge in [0, 0.05) is 44.0 Å². The minimum Gasteiger partial charge on any atom is -0.342 e. The predicted molar refractivity (Wildman–Crippen MR) is 111 cm³/mol. The van der Waals surface area contributed by atoms with Gasteiger partial charge in [0.05, 0.1) is 0 Å². The van der Waals surface area contributed by atoms with Gasteiger partial charge in [-0.25, -0.2) is 4.39 Å². The van der Waals surface area contributed by atoms with Crippen LogP contribution in [-0.2, 0) is 16.0 Å². The lowest BCUT2D eigenvalue weighted by molar-refractivity contribution is -0.133. The second-order valence-corrected chi connectivity index (χ2v) is 7.76. The summed E-state index contributed by atoms with van der Waals surface area (Å²) < 4.78 is 13.2. The molecular formula is C23H28FN3O2. The number of aromatic nitrogens is 1. The summed E-state index contributed by atoms with van der Waals surface area (Å²) in [5.74, 6) is 0.131. The molecule has 0 radical (unpaired) electrons. The first-order chi connectivity index (χ1) is 14.0. The zero-order valence-electron chi connectivity index (χ0n) is 16.9. The van der Waals surface area contributed by atoms with Crippen molar-refractivity contribution in [2.24, 2.45) is 5.92 Å². The molecule has 0 bridgehead atoms. The van der Waals surface area contributed by atoms with Gasteiger partial charge in [0.15, 0.2) is 0 Å². The Hall–Kier alpha value is -2.76. The summed E-state index contributed by atoms with van der Waals surface area (Å²) in [6.45, 7) is 3.28. The standard InChI is InChI=1S/C23H28FN3O2/c1-17-14-20(24)8-9-21(17)26-22(28)10-6-19-5-3-13-27(16-19)23(29)11-7-18-4-2-12-25-15-18/h2,4,8-9,12,14-15,19H,3,5-7,10-11,13,16H2,1H3,(H,26,28)/t19-/m0/s1. The van der Waals surface area contributed by atoms with Gasteiger partial charge in [0.2, 0.25) is 11.8 Å². The maximum atomic E-state index is 13.2. The van der Waals surface area contributed by atoms with E-state index in [-0.39, 0.29) is 17.6 Å². The minimum absolute atomic E-state index is 0.0697. The summed E-state index contributed by atoms with van der Waals surface area (Å²) in [6.07, 6.45) is 7.88. The highest BCUT2D eigenvalue weighted by atomic mass is 19.1. The van der Waals surface area contributed by atoms with E-state index in [4.69, 9.17) is 0 Å². The number of likely N-dealkylation sites (tertiary alicyclic amines) is 1. The maximum Gasteiger partial charge on any atom is 0.224 e. The Balaban J connectivity index is 1.43. The van der Waals surface area contributed by atoms with Gasteiger partial charge in [0.1, 0.15) is 5.82 Å². The van der Waals surface area contributed by atoms with Crippen molar-refractivity contribution in [1.82, 2.24) is 9.88 Å². The topological polar surface area (TPSA) is 62.3 Å². The number of benzene rings is 1. The summed E-state index contributed by atoms with van der Waals surface area (Å²) in [6, 6.07) is 8.21. The van der Waals surface area contributed by atoms with Crippen molar-refractivity contribution in [3.63, 3.8) is 0 Å². The van der Waals surface area contributed by atoms with Crippen LogP contribution in [0.4, 0.5) is 10.1 Å². The Morgan fingerprint density at radius 1 is 1.28 bits per heavy atom. The van der Waals surface area contributed by atoms with Crippen LogP contribution < -0.4 is 5.32 Å². The summed E-state index contributed by atoms with van der Waals surface area (Å²) in [5, 5.41) is 2.86. The molecule has 2 aromatic rings. The van der Waals surface area contributed by atoms with Crippen molar-refractivity contribution in [3.8, 4) is 0 Å². The first-order valence-corrected chi connectivity index (χ1v) is 10.2. The molecule has 2 amide bonds. The predicted octanol–water partition coefficient (Wildman–Crippen LogP) is 4.12. The highest BCUT2D eigenvalue weighted by Crippen LogP contribution is 2.23. The molecule has 1 N–H and O–H groups in total. The average Bonchev–Trinajstić information content (AvgIpc) is 2.73. The number of carbonyl (C=O) groups is 2. The van der Waals surface area contributed by atoms with Gasteiger partial charge < -0.3 is 10.2 Å². The zero-order valence-corrected chi connectivity index (χ0v) is 16.9. The van der Waals surface area contributed by atoms with E-state index in [1.54, 1.807) is 25.4 Å². The molecule has 3 rings (SSSR count). The number of rotatable bonds is 7. The number of halogens is 1. The molecule has 1 aromatic carbocycles. The maximum absolute atomic E-state index is 13.2. The number of hydrogen-bond acceptors (Lipinski definition) is 3. The Morgan fingerprint density at radius 2 is 2.14 bits per heavy atom. The zero-order chi connectivity index (χ0) is 20.6. The summed E-state index contributed by atoms with van der Waals surface area (Å²) in [4.78, 5) is 30.9. The third-order valence-corrected chi connectivity index (χ3v) is 5.46. The number of nitrogens with one attached hydrogen (secondary N) is 1. The molecule has 6 heteroatoms. The van der Waals surface area contributed by atoms with Crippen molar-refractivity contribution in [3.05, 3.63) is 59.7 Å². The van der Waals surface area contributed by atoms with Crippen molar-refractivity contribution in [2.45, 2.75) is 45.4 Å². The molecular weight excluding hydrogens is 369 g/mol. The van der Waals surface area contributed by atoms with E-state index in [0.717, 1.165) is 31.4 Å². The minimum atomic E-state index is -0.309. The van der Waals surface area contributed by atoms with E-state index >= 15 is 0 Å². The van der Waals surface area contributed by atoms with E-state index in [1.165, 1.54) is 12.1 Å². The lowest BCUT2D eigenvalue weighted by Crippen LogP contribution is -2.40. The molecule has 0 saturated carbocycles. The molecule has 0 unspecified atom stereocenters. The quantitative estimate of drug-likeness (QED) is 0.764. The highest BCUT2D eigenvalue weighted by Gasteiger charge is 2.24. The number of carbonyl (C=O) groups excluding carboxylic acids is 2. The van der Waals surface area contributed by atoms with Crippen molar-refractivity contribution < 1.29 is 14.0 Å². The van der Waals surface area contributed by atoms with Crippen molar-refractivity contribution in [1.29, 1.82) is 0 Å². The molecule has 154 valence electrons. The van der Waals surface area contributed by atoms with Gasteiger partial charge in [-0.05, 0) is 73.9 Å². The fraction of sp³-hybridized carbons (Fsp3) is 0.435. The van der Waals surface area contributed by atoms with Gasteiger partial charge in [-0.2, -0.15) is 0 Å². The van der Waals surface area contributed by atoms with Gasteiger partial charge in [-0.15, -0.1) is 0 Å². The second-order valence-electron chi connectivity index (χ2n) is 7.76. The molecule has 0 spiro atoms. The molecule has 2 heterocycles. The number of nitrogens with zero attached hydrogens (tertiary/aromatic N) is 2. The van der Waals surface area contributed by atoms with Gasteiger partial charge >= 0.3 is 0 Å². The van der Waals surface area contributed by atoms with Gasteiger partial charge in [-0.1, -0.05) is 6.07 Å². The number of anilines is 1. The van der Waals surface area contributed by atoms with E-state index in [2.05, 4.69) is 10.3 Å². The van der Waals surface area contributed by atoms with Gasteiger partial charge in [-0.3, -0.25) is 14.6 Å². The molecule has 1 aliphatic heterocycles. The monoisotopic (exact) mass is 397 g/mol. The molecule has 1 fully saturated rings. The van der Waals surface area contributed by atoms with E-state index in [1.807, 2.05) is 17.0 Å². The van der Waals surface area contributed by atoms with E-state index < -0.39 is 0 Å². The van der Waals surface area contributed by atoms with Crippen LogP contribution in [0.15, 0.2) is 42.7 Å². The SMILES string of the molecule is Cc1cc(F)ccc1NC(=O)CC[C@@H]1CCCN(C(=O)CCc2cccnc2)C1. The van der Waals surface area contributed by atoms with Crippen molar-refractivity contribution in [2.75, 3.05) is 18.4 Å². The first-order valence-electron chi connectivity index (χ1n) is 10.2. The van der Waals surface area contributed by atoms with Gasteiger partial charge in [0.25, 0.3) is 0 Å². The number of amides is 2. The Bertz CT molecular complexity index is 841. The highest BCUT2D eigenvalue weighted by molar-refractivity contribution is 5.91. The average molecular weight is 397 g/mol. The Morgan fingerprint density at radius 3 is 2.90 bits per heavy atom. The van der Waals surface area contributed by atoms with Crippen LogP contribution in [0.2, 0.25) is 0 Å². The lowest BCUT2D eigenvalue weighted by atomic mass is 9.93. The number of hydrogen-bond donors (Lipinski definition) is 1. The van der Waals surface area contributed by atoms with Crippen LogP contribution in [0, 0.1) is 18.7 Å². The smallest absolute Gasteiger partial charge is 0.224 e. The molecule has 1 saturated heterocycles. The molecule has 5 nitrogen and oxygen atoms in total. The fourth-order valence-corrected chi connectivity index (χ4v) is 3.80. The Labute approximate surface area is 171 Å². The van der Waals surface area contributed by atoms with Crippen LogP contribution in [0.5, 0.6) is 0 Å². The summed E-state index contributed by atoms with van der Waals surface area (Å²) in [5.41, 5.74) is 2.43. The van der Waals surface area contributed by atoms with E-state index in [9.17, 15) is 14.0 Å². The first kappa shape index (κ1) is 21.0. The van der Waals surface area contributed by atoms with Crippen LogP contribution in [0.25, 0.3) is 0 Å². The fourth-order valence-electron chi connectivity index (χ4n) is 3.80. The Kier molecular flexibility index (Phi) is 7.33. The van der Waals surface area contributed by atoms with Crippen LogP contribution in [0.1, 0.15) is 43.2 Å².